The summed E-state index contributed by atoms with van der Waals surface area (Å²) >= 11 is 0. The molecule has 2 heterocycles. The second-order valence-electron chi connectivity index (χ2n) is 4.08. The number of pyridine rings is 1. The van der Waals surface area contributed by atoms with E-state index in [1.54, 1.807) is 0 Å². The van der Waals surface area contributed by atoms with Crippen LogP contribution in [-0.4, -0.2) is 30.2 Å². The largest absolute Gasteiger partial charge is 0.367 e. The highest BCUT2D eigenvalue weighted by Crippen LogP contribution is 2.15. The van der Waals surface area contributed by atoms with Gasteiger partial charge in [0.1, 0.15) is 0 Å². The van der Waals surface area contributed by atoms with Crippen LogP contribution in [0.4, 0.5) is 5.69 Å². The number of aromatic nitrogens is 1. The van der Waals surface area contributed by atoms with Gasteiger partial charge in [-0.05, 0) is 26.0 Å². The molecule has 76 valence electrons. The predicted molar refractivity (Wildman–Crippen MR) is 58.5 cm³/mol. The Morgan fingerprint density at radius 1 is 1.36 bits per heavy atom. The van der Waals surface area contributed by atoms with Crippen molar-refractivity contribution >= 4 is 5.69 Å². The normalized spacial score (nSPS) is 27.7. The van der Waals surface area contributed by atoms with Crippen molar-refractivity contribution in [2.24, 2.45) is 0 Å². The van der Waals surface area contributed by atoms with E-state index >= 15 is 0 Å². The second-order valence-corrected chi connectivity index (χ2v) is 4.08. The summed E-state index contributed by atoms with van der Waals surface area (Å²) in [7, 11) is 0. The molecule has 14 heavy (non-hydrogen) atoms. The molecule has 1 N–H and O–H groups in total. The van der Waals surface area contributed by atoms with E-state index in [4.69, 9.17) is 0 Å². The lowest BCUT2D eigenvalue weighted by atomic mass is 10.1. The number of anilines is 1. The molecule has 1 aliphatic heterocycles. The van der Waals surface area contributed by atoms with Crippen molar-refractivity contribution in [3.05, 3.63) is 24.5 Å². The summed E-state index contributed by atoms with van der Waals surface area (Å²) in [4.78, 5) is 6.54. The molecule has 0 bridgehead atoms. The number of piperazine rings is 1. The van der Waals surface area contributed by atoms with Gasteiger partial charge in [-0.15, -0.1) is 0 Å². The Labute approximate surface area is 85.1 Å². The molecule has 1 saturated heterocycles. The van der Waals surface area contributed by atoms with E-state index in [-0.39, 0.29) is 0 Å². The highest BCUT2D eigenvalue weighted by Gasteiger charge is 2.20. The zero-order valence-electron chi connectivity index (χ0n) is 8.77. The summed E-state index contributed by atoms with van der Waals surface area (Å²) in [5.74, 6) is 0. The number of nitrogens with zero attached hydrogens (tertiary/aromatic N) is 2. The van der Waals surface area contributed by atoms with Crippen molar-refractivity contribution < 1.29 is 0 Å². The molecule has 0 aliphatic carbocycles. The highest BCUT2D eigenvalue weighted by molar-refractivity contribution is 5.44. The van der Waals surface area contributed by atoms with Crippen LogP contribution >= 0.6 is 0 Å². The molecule has 0 spiro atoms. The monoisotopic (exact) mass is 191 g/mol. The van der Waals surface area contributed by atoms with Crippen LogP contribution in [0.15, 0.2) is 24.5 Å². The van der Waals surface area contributed by atoms with E-state index in [0.717, 1.165) is 13.1 Å². The highest BCUT2D eigenvalue weighted by atomic mass is 15.2. The van der Waals surface area contributed by atoms with Crippen molar-refractivity contribution in [1.29, 1.82) is 0 Å². The first kappa shape index (κ1) is 9.46. The topological polar surface area (TPSA) is 28.2 Å². The third-order valence-corrected chi connectivity index (χ3v) is 2.57. The van der Waals surface area contributed by atoms with Gasteiger partial charge in [0.15, 0.2) is 0 Å². The van der Waals surface area contributed by atoms with Gasteiger partial charge in [0.25, 0.3) is 0 Å². The maximum absolute atomic E-state index is 4.15. The molecule has 1 aromatic rings. The molecule has 0 amide bonds. The fourth-order valence-corrected chi connectivity index (χ4v) is 2.08. The molecule has 0 saturated carbocycles. The second kappa shape index (κ2) is 3.96. The molecular formula is C11H17N3. The SMILES string of the molecule is CC1CN(c2cccnc2)CC(C)N1. The molecule has 1 aromatic heterocycles. The van der Waals surface area contributed by atoms with Crippen molar-refractivity contribution in [3.63, 3.8) is 0 Å². The van der Waals surface area contributed by atoms with Gasteiger partial charge in [-0.2, -0.15) is 0 Å². The molecule has 2 unspecified atom stereocenters. The Hall–Kier alpha value is -1.09. The van der Waals surface area contributed by atoms with Crippen molar-refractivity contribution in [3.8, 4) is 0 Å². The average Bonchev–Trinajstić information content (AvgIpc) is 2.18. The fraction of sp³-hybridized carbons (Fsp3) is 0.545. The van der Waals surface area contributed by atoms with Crippen LogP contribution in [0.2, 0.25) is 0 Å². The lowest BCUT2D eigenvalue weighted by Gasteiger charge is -2.37. The van der Waals surface area contributed by atoms with Crippen LogP contribution in [0, 0.1) is 0 Å². The summed E-state index contributed by atoms with van der Waals surface area (Å²) in [6, 6.07) is 5.22. The van der Waals surface area contributed by atoms with Gasteiger partial charge >= 0.3 is 0 Å². The minimum absolute atomic E-state index is 0.555. The predicted octanol–water partition coefficient (Wildman–Crippen LogP) is 1.27. The standard InChI is InChI=1S/C11H17N3/c1-9-7-14(8-10(2)13-9)11-4-3-5-12-6-11/h3-6,9-10,13H,7-8H2,1-2H3. The Balaban J connectivity index is 2.11. The Morgan fingerprint density at radius 3 is 2.64 bits per heavy atom. The zero-order valence-corrected chi connectivity index (χ0v) is 8.77. The first-order valence-corrected chi connectivity index (χ1v) is 5.17. The van der Waals surface area contributed by atoms with Gasteiger partial charge in [0.05, 0.1) is 11.9 Å². The number of hydrogen-bond donors (Lipinski definition) is 1. The van der Waals surface area contributed by atoms with Crippen molar-refractivity contribution in [2.75, 3.05) is 18.0 Å². The molecule has 1 aliphatic rings. The molecule has 3 heteroatoms. The Kier molecular flexibility index (Phi) is 2.68. The van der Waals surface area contributed by atoms with Crippen LogP contribution in [0.1, 0.15) is 13.8 Å². The Bertz CT molecular complexity index is 276. The number of hydrogen-bond acceptors (Lipinski definition) is 3. The summed E-state index contributed by atoms with van der Waals surface area (Å²) < 4.78 is 0. The van der Waals surface area contributed by atoms with E-state index < -0.39 is 0 Å². The van der Waals surface area contributed by atoms with Crippen LogP contribution in [0.3, 0.4) is 0 Å². The lowest BCUT2D eigenvalue weighted by Crippen LogP contribution is -2.54. The molecule has 2 atom stereocenters. The summed E-state index contributed by atoms with van der Waals surface area (Å²) in [5.41, 5.74) is 1.23. The summed E-state index contributed by atoms with van der Waals surface area (Å²) in [6.07, 6.45) is 3.75. The van der Waals surface area contributed by atoms with E-state index in [2.05, 4.69) is 35.1 Å². The Morgan fingerprint density at radius 2 is 2.07 bits per heavy atom. The van der Waals surface area contributed by atoms with Crippen LogP contribution in [0.5, 0.6) is 0 Å². The number of rotatable bonds is 1. The maximum Gasteiger partial charge on any atom is 0.0553 e. The third kappa shape index (κ3) is 2.04. The van der Waals surface area contributed by atoms with E-state index in [1.165, 1.54) is 5.69 Å². The average molecular weight is 191 g/mol. The van der Waals surface area contributed by atoms with Crippen molar-refractivity contribution in [2.45, 2.75) is 25.9 Å². The molecule has 0 radical (unpaired) electrons. The van der Waals surface area contributed by atoms with E-state index in [0.29, 0.717) is 12.1 Å². The minimum Gasteiger partial charge on any atom is -0.367 e. The number of nitrogens with one attached hydrogen (secondary N) is 1. The van der Waals surface area contributed by atoms with Crippen LogP contribution in [0.25, 0.3) is 0 Å². The fourth-order valence-electron chi connectivity index (χ4n) is 2.08. The van der Waals surface area contributed by atoms with E-state index in [1.807, 2.05) is 18.5 Å². The van der Waals surface area contributed by atoms with E-state index in [9.17, 15) is 0 Å². The first-order valence-electron chi connectivity index (χ1n) is 5.17. The van der Waals surface area contributed by atoms with Gasteiger partial charge in [-0.25, -0.2) is 0 Å². The summed E-state index contributed by atoms with van der Waals surface area (Å²) in [6.45, 7) is 6.57. The molecule has 2 rings (SSSR count). The molecular weight excluding hydrogens is 174 g/mol. The van der Waals surface area contributed by atoms with Gasteiger partial charge in [-0.1, -0.05) is 0 Å². The van der Waals surface area contributed by atoms with Gasteiger partial charge < -0.3 is 10.2 Å². The maximum atomic E-state index is 4.15. The van der Waals surface area contributed by atoms with Crippen LogP contribution < -0.4 is 10.2 Å². The minimum atomic E-state index is 0.555. The molecule has 3 nitrogen and oxygen atoms in total. The molecule has 1 fully saturated rings. The van der Waals surface area contributed by atoms with Crippen LogP contribution in [-0.2, 0) is 0 Å². The van der Waals surface area contributed by atoms with Crippen molar-refractivity contribution in [1.82, 2.24) is 10.3 Å². The van der Waals surface area contributed by atoms with Gasteiger partial charge in [0, 0.05) is 31.4 Å². The molecule has 0 aromatic carbocycles. The van der Waals surface area contributed by atoms with Gasteiger partial charge in [-0.3, -0.25) is 4.98 Å². The van der Waals surface area contributed by atoms with Gasteiger partial charge in [0.2, 0.25) is 0 Å². The first-order chi connectivity index (χ1) is 6.75. The lowest BCUT2D eigenvalue weighted by molar-refractivity contribution is 0.407. The third-order valence-electron chi connectivity index (χ3n) is 2.57. The quantitative estimate of drug-likeness (QED) is 0.724. The zero-order chi connectivity index (χ0) is 9.97. The smallest absolute Gasteiger partial charge is 0.0553 e. The summed E-state index contributed by atoms with van der Waals surface area (Å²) in [5, 5.41) is 3.52.